The molecule has 19 heavy (non-hydrogen) atoms. The maximum atomic E-state index is 11.7. The maximum Gasteiger partial charge on any atom is 0.321 e. The van der Waals surface area contributed by atoms with Crippen molar-refractivity contribution in [3.05, 3.63) is 18.7 Å². The van der Waals surface area contributed by atoms with Gasteiger partial charge < -0.3 is 15.2 Å². The molecule has 7 heteroatoms. The average Bonchev–Trinajstić information content (AvgIpc) is 2.81. The highest BCUT2D eigenvalue weighted by atomic mass is 16.2. The van der Waals surface area contributed by atoms with Gasteiger partial charge in [0.15, 0.2) is 0 Å². The van der Waals surface area contributed by atoms with Crippen LogP contribution < -0.4 is 16.0 Å². The second-order valence-corrected chi connectivity index (χ2v) is 4.40. The molecule has 0 saturated heterocycles. The molecule has 1 aromatic rings. The van der Waals surface area contributed by atoms with Gasteiger partial charge in [0.2, 0.25) is 5.91 Å². The number of imide groups is 1. The Kier molecular flexibility index (Phi) is 6.01. The van der Waals surface area contributed by atoms with E-state index in [4.69, 9.17) is 0 Å². The number of nitrogens with one attached hydrogen (secondary N) is 3. The first-order chi connectivity index (χ1) is 9.02. The molecule has 0 bridgehead atoms. The minimum absolute atomic E-state index is 0.0872. The lowest BCUT2D eigenvalue weighted by molar-refractivity contribution is -0.121. The predicted molar refractivity (Wildman–Crippen MR) is 71.5 cm³/mol. The summed E-state index contributed by atoms with van der Waals surface area (Å²) in [6.45, 7) is 6.67. The van der Waals surface area contributed by atoms with E-state index in [-0.39, 0.29) is 11.9 Å². The van der Waals surface area contributed by atoms with Crippen LogP contribution in [-0.4, -0.2) is 40.1 Å². The summed E-state index contributed by atoms with van der Waals surface area (Å²) in [6, 6.07) is -0.825. The van der Waals surface area contributed by atoms with Gasteiger partial charge in [-0.05, 0) is 20.8 Å². The van der Waals surface area contributed by atoms with E-state index in [0.717, 1.165) is 0 Å². The molecule has 2 unspecified atom stereocenters. The van der Waals surface area contributed by atoms with Crippen molar-refractivity contribution >= 4 is 11.9 Å². The first-order valence-corrected chi connectivity index (χ1v) is 6.33. The molecule has 1 rings (SSSR count). The van der Waals surface area contributed by atoms with E-state index in [1.54, 1.807) is 26.4 Å². The van der Waals surface area contributed by atoms with E-state index < -0.39 is 12.1 Å². The number of rotatable bonds is 6. The summed E-state index contributed by atoms with van der Waals surface area (Å²) >= 11 is 0. The SMILES string of the molecule is CCNC(=O)NC(=O)C(C)NC(C)Cn1ccnc1. The van der Waals surface area contributed by atoms with Gasteiger partial charge in [-0.25, -0.2) is 9.78 Å². The van der Waals surface area contributed by atoms with Crippen molar-refractivity contribution in [2.75, 3.05) is 6.54 Å². The van der Waals surface area contributed by atoms with Crippen molar-refractivity contribution in [2.24, 2.45) is 0 Å². The number of hydrogen-bond acceptors (Lipinski definition) is 4. The monoisotopic (exact) mass is 267 g/mol. The predicted octanol–water partition coefficient (Wildman–Crippen LogP) is 0.0954. The smallest absolute Gasteiger partial charge is 0.321 e. The number of imidazole rings is 1. The number of urea groups is 1. The van der Waals surface area contributed by atoms with Crippen molar-refractivity contribution in [3.63, 3.8) is 0 Å². The zero-order chi connectivity index (χ0) is 14.3. The highest BCUT2D eigenvalue weighted by Gasteiger charge is 2.17. The second kappa shape index (κ2) is 7.52. The van der Waals surface area contributed by atoms with Gasteiger partial charge in [0.25, 0.3) is 0 Å². The number of nitrogens with zero attached hydrogens (tertiary/aromatic N) is 2. The third kappa shape index (κ3) is 5.52. The third-order valence-corrected chi connectivity index (χ3v) is 2.55. The second-order valence-electron chi connectivity index (χ2n) is 4.40. The van der Waals surface area contributed by atoms with E-state index in [1.807, 2.05) is 17.7 Å². The molecule has 1 aromatic heterocycles. The van der Waals surface area contributed by atoms with Crippen molar-refractivity contribution in [2.45, 2.75) is 39.4 Å². The molecular formula is C12H21N5O2. The summed E-state index contributed by atoms with van der Waals surface area (Å²) in [6.07, 6.45) is 5.28. The molecule has 0 aliphatic heterocycles. The van der Waals surface area contributed by atoms with Gasteiger partial charge in [0.05, 0.1) is 12.4 Å². The van der Waals surface area contributed by atoms with Crippen molar-refractivity contribution in [3.8, 4) is 0 Å². The van der Waals surface area contributed by atoms with E-state index in [0.29, 0.717) is 13.1 Å². The quantitative estimate of drug-likeness (QED) is 0.682. The van der Waals surface area contributed by atoms with Crippen molar-refractivity contribution < 1.29 is 9.59 Å². The zero-order valence-corrected chi connectivity index (χ0v) is 11.5. The molecule has 2 atom stereocenters. The van der Waals surface area contributed by atoms with Crippen LogP contribution in [0, 0.1) is 0 Å². The van der Waals surface area contributed by atoms with Crippen LogP contribution in [0.1, 0.15) is 20.8 Å². The van der Waals surface area contributed by atoms with Crippen LogP contribution in [0.2, 0.25) is 0 Å². The summed E-state index contributed by atoms with van der Waals surface area (Å²) in [5.74, 6) is -0.344. The largest absolute Gasteiger partial charge is 0.338 e. The van der Waals surface area contributed by atoms with Crippen molar-refractivity contribution in [1.29, 1.82) is 0 Å². The van der Waals surface area contributed by atoms with Crippen LogP contribution in [0.25, 0.3) is 0 Å². The number of carbonyl (C=O) groups is 2. The first kappa shape index (κ1) is 15.2. The molecule has 3 amide bonds. The number of aromatic nitrogens is 2. The summed E-state index contributed by atoms with van der Waals surface area (Å²) in [4.78, 5) is 26.9. The fourth-order valence-corrected chi connectivity index (χ4v) is 1.69. The van der Waals surface area contributed by atoms with Crippen molar-refractivity contribution in [1.82, 2.24) is 25.5 Å². The molecule has 0 radical (unpaired) electrons. The normalized spacial score (nSPS) is 13.6. The molecule has 0 aliphatic carbocycles. The summed E-state index contributed by atoms with van der Waals surface area (Å²) in [5, 5.41) is 7.91. The number of amides is 3. The lowest BCUT2D eigenvalue weighted by Crippen LogP contribution is -2.50. The van der Waals surface area contributed by atoms with Crippen LogP contribution in [-0.2, 0) is 11.3 Å². The number of hydrogen-bond donors (Lipinski definition) is 3. The Morgan fingerprint density at radius 3 is 2.68 bits per heavy atom. The Balaban J connectivity index is 2.34. The summed E-state index contributed by atoms with van der Waals surface area (Å²) in [5.41, 5.74) is 0. The van der Waals surface area contributed by atoms with Crippen LogP contribution in [0.3, 0.4) is 0 Å². The summed E-state index contributed by atoms with van der Waals surface area (Å²) in [7, 11) is 0. The van der Waals surface area contributed by atoms with E-state index in [1.165, 1.54) is 0 Å². The van der Waals surface area contributed by atoms with Gasteiger partial charge in [-0.3, -0.25) is 10.1 Å². The zero-order valence-electron chi connectivity index (χ0n) is 11.5. The van der Waals surface area contributed by atoms with Gasteiger partial charge in [-0.1, -0.05) is 0 Å². The van der Waals surface area contributed by atoms with Gasteiger partial charge in [0, 0.05) is 31.5 Å². The molecule has 7 nitrogen and oxygen atoms in total. The molecule has 0 aromatic carbocycles. The molecule has 3 N–H and O–H groups in total. The Bertz CT molecular complexity index is 404. The Labute approximate surface area is 112 Å². The summed E-state index contributed by atoms with van der Waals surface area (Å²) < 4.78 is 1.92. The topological polar surface area (TPSA) is 88.0 Å². The standard InChI is InChI=1S/C12H21N5O2/c1-4-14-12(19)16-11(18)10(3)15-9(2)7-17-6-5-13-8-17/h5-6,8-10,15H,4,7H2,1-3H3,(H2,14,16,18,19). The molecule has 0 aliphatic rings. The van der Waals surface area contributed by atoms with Crippen LogP contribution in [0.15, 0.2) is 18.7 Å². The Morgan fingerprint density at radius 2 is 2.11 bits per heavy atom. The molecule has 0 fully saturated rings. The lowest BCUT2D eigenvalue weighted by atomic mass is 10.2. The third-order valence-electron chi connectivity index (χ3n) is 2.55. The minimum atomic E-state index is -0.469. The first-order valence-electron chi connectivity index (χ1n) is 6.33. The van der Waals surface area contributed by atoms with Gasteiger partial charge >= 0.3 is 6.03 Å². The van der Waals surface area contributed by atoms with E-state index in [2.05, 4.69) is 20.9 Å². The van der Waals surface area contributed by atoms with Crippen LogP contribution in [0.5, 0.6) is 0 Å². The van der Waals surface area contributed by atoms with Crippen LogP contribution in [0.4, 0.5) is 4.79 Å². The molecule has 0 spiro atoms. The fraction of sp³-hybridized carbons (Fsp3) is 0.583. The highest BCUT2D eigenvalue weighted by molar-refractivity contribution is 5.96. The highest BCUT2D eigenvalue weighted by Crippen LogP contribution is 1.94. The van der Waals surface area contributed by atoms with E-state index >= 15 is 0 Å². The molecule has 106 valence electrons. The lowest BCUT2D eigenvalue weighted by Gasteiger charge is -2.19. The fourth-order valence-electron chi connectivity index (χ4n) is 1.69. The molecular weight excluding hydrogens is 246 g/mol. The average molecular weight is 267 g/mol. The molecule has 0 saturated carbocycles. The van der Waals surface area contributed by atoms with Gasteiger partial charge in [0.1, 0.15) is 0 Å². The minimum Gasteiger partial charge on any atom is -0.338 e. The maximum absolute atomic E-state index is 11.7. The van der Waals surface area contributed by atoms with Crippen LogP contribution >= 0.6 is 0 Å². The number of carbonyl (C=O) groups excluding carboxylic acids is 2. The molecule has 1 heterocycles. The van der Waals surface area contributed by atoms with Gasteiger partial charge in [-0.2, -0.15) is 0 Å². The van der Waals surface area contributed by atoms with Gasteiger partial charge in [-0.15, -0.1) is 0 Å². The Morgan fingerprint density at radius 1 is 1.37 bits per heavy atom. The Hall–Kier alpha value is -1.89. The van der Waals surface area contributed by atoms with E-state index in [9.17, 15) is 9.59 Å².